The van der Waals surface area contributed by atoms with Crippen LogP contribution in [0.4, 0.5) is 0 Å². The maximum absolute atomic E-state index is 13.9. The normalized spacial score (nSPS) is 19.8. The predicted octanol–water partition coefficient (Wildman–Crippen LogP) is 6.43. The van der Waals surface area contributed by atoms with Gasteiger partial charge in [0.25, 0.3) is 0 Å². The molecule has 39 heavy (non-hydrogen) atoms. The number of carbonyl (C=O) groups is 2. The Morgan fingerprint density at radius 3 is 2.56 bits per heavy atom. The number of aromatic hydroxyl groups is 1. The highest BCUT2D eigenvalue weighted by Crippen LogP contribution is 2.47. The summed E-state index contributed by atoms with van der Waals surface area (Å²) >= 11 is 3.45. The van der Waals surface area contributed by atoms with Crippen LogP contribution in [0, 0.1) is 5.92 Å². The number of hydrogen-bond acceptors (Lipinski definition) is 6. The van der Waals surface area contributed by atoms with E-state index in [0.717, 1.165) is 36.3 Å². The SMILES string of the molecule is CCCC1CC(=O)C2=C(C1)NC(C)=C(C(=O)N[C@@H](C)c1ccc(OC)cc1)C2c1cc(Br)c(O)c(OCC)c1. The van der Waals surface area contributed by atoms with Gasteiger partial charge in [-0.25, -0.2) is 0 Å². The standard InChI is InChI=1S/C31H37BrN2O5/c1-6-8-19-13-24-29(25(35)14-19)28(21-15-23(32)30(36)26(16-21)39-7-2)27(18(4)33-24)31(37)34-17(3)20-9-11-22(38-5)12-10-20/h9-12,15-17,19,28,33,36H,6-8,13-14H2,1-5H3,(H,34,37)/t17-,19?,28?/m0/s1. The summed E-state index contributed by atoms with van der Waals surface area (Å²) in [6.45, 7) is 8.15. The number of methoxy groups -OCH3 is 1. The Morgan fingerprint density at radius 2 is 1.92 bits per heavy atom. The summed E-state index contributed by atoms with van der Waals surface area (Å²) in [6.07, 6.45) is 3.21. The number of halogens is 1. The Hall–Kier alpha value is -3.26. The van der Waals surface area contributed by atoms with Crippen LogP contribution in [-0.4, -0.2) is 30.5 Å². The third-order valence-corrected chi connectivity index (χ3v) is 8.11. The molecule has 8 heteroatoms. The van der Waals surface area contributed by atoms with Gasteiger partial charge in [-0.15, -0.1) is 0 Å². The van der Waals surface area contributed by atoms with Crippen LogP contribution in [0.2, 0.25) is 0 Å². The number of carbonyl (C=O) groups excluding carboxylic acids is 2. The predicted molar refractivity (Wildman–Crippen MR) is 155 cm³/mol. The summed E-state index contributed by atoms with van der Waals surface area (Å²) in [5.41, 5.74) is 4.34. The van der Waals surface area contributed by atoms with Crippen LogP contribution in [-0.2, 0) is 9.59 Å². The van der Waals surface area contributed by atoms with Crippen molar-refractivity contribution in [1.29, 1.82) is 0 Å². The molecule has 0 saturated heterocycles. The van der Waals surface area contributed by atoms with Gasteiger partial charge in [0.2, 0.25) is 5.91 Å². The van der Waals surface area contributed by atoms with E-state index in [4.69, 9.17) is 9.47 Å². The zero-order valence-corrected chi connectivity index (χ0v) is 24.8. The van der Waals surface area contributed by atoms with Gasteiger partial charge in [-0.05, 0) is 90.9 Å². The molecule has 208 valence electrons. The number of ketones is 1. The number of phenolic OH excluding ortho intramolecular Hbond substituents is 1. The molecule has 2 aromatic carbocycles. The molecule has 3 atom stereocenters. The highest BCUT2D eigenvalue weighted by molar-refractivity contribution is 9.10. The quantitative estimate of drug-likeness (QED) is 0.308. The van der Waals surface area contributed by atoms with E-state index >= 15 is 0 Å². The van der Waals surface area contributed by atoms with Crippen LogP contribution in [0.5, 0.6) is 17.2 Å². The minimum absolute atomic E-state index is 0.0125. The van der Waals surface area contributed by atoms with Crippen LogP contribution in [0.3, 0.4) is 0 Å². The van der Waals surface area contributed by atoms with Crippen LogP contribution >= 0.6 is 15.9 Å². The molecule has 3 N–H and O–H groups in total. The van der Waals surface area contributed by atoms with Crippen molar-refractivity contribution in [3.05, 3.63) is 74.5 Å². The zero-order chi connectivity index (χ0) is 28.3. The first-order chi connectivity index (χ1) is 18.7. The van der Waals surface area contributed by atoms with Gasteiger partial charge in [0, 0.05) is 34.9 Å². The van der Waals surface area contributed by atoms with Crippen LogP contribution < -0.4 is 20.1 Å². The molecule has 1 heterocycles. The van der Waals surface area contributed by atoms with Gasteiger partial charge >= 0.3 is 0 Å². The van der Waals surface area contributed by atoms with Crippen molar-refractivity contribution in [3.8, 4) is 17.2 Å². The Labute approximate surface area is 238 Å². The Morgan fingerprint density at radius 1 is 1.21 bits per heavy atom. The molecule has 0 bridgehead atoms. The lowest BCUT2D eigenvalue weighted by Gasteiger charge is -2.37. The Bertz CT molecular complexity index is 1320. The summed E-state index contributed by atoms with van der Waals surface area (Å²) in [5.74, 6) is 0.502. The Kier molecular flexibility index (Phi) is 9.05. The second kappa shape index (κ2) is 12.3. The smallest absolute Gasteiger partial charge is 0.250 e. The third-order valence-electron chi connectivity index (χ3n) is 7.50. The number of amides is 1. The summed E-state index contributed by atoms with van der Waals surface area (Å²) in [5, 5.41) is 17.1. The number of phenols is 1. The summed E-state index contributed by atoms with van der Waals surface area (Å²) in [7, 11) is 1.62. The first-order valence-electron chi connectivity index (χ1n) is 13.5. The van der Waals surface area contributed by atoms with Gasteiger partial charge in [0.1, 0.15) is 5.75 Å². The monoisotopic (exact) mass is 596 g/mol. The number of ether oxygens (including phenoxy) is 2. The van der Waals surface area contributed by atoms with E-state index in [0.29, 0.717) is 45.7 Å². The fraction of sp³-hybridized carbons (Fsp3) is 0.419. The van der Waals surface area contributed by atoms with Crippen molar-refractivity contribution in [2.75, 3.05) is 13.7 Å². The second-order valence-electron chi connectivity index (χ2n) is 10.2. The number of dihydropyridines is 1. The Balaban J connectivity index is 1.77. The van der Waals surface area contributed by atoms with Gasteiger partial charge in [-0.1, -0.05) is 25.5 Å². The molecule has 1 aliphatic carbocycles. The maximum Gasteiger partial charge on any atom is 0.250 e. The molecule has 0 saturated carbocycles. The average Bonchev–Trinajstić information content (AvgIpc) is 2.90. The number of Topliss-reactive ketones (excluding diaryl/α,β-unsaturated/α-hetero) is 1. The summed E-state index contributed by atoms with van der Waals surface area (Å²) in [6, 6.07) is 10.8. The number of nitrogens with one attached hydrogen (secondary N) is 2. The molecule has 0 fully saturated rings. The molecule has 2 aromatic rings. The molecule has 0 radical (unpaired) electrons. The van der Waals surface area contributed by atoms with Crippen molar-refractivity contribution < 1.29 is 24.2 Å². The largest absolute Gasteiger partial charge is 0.503 e. The zero-order valence-electron chi connectivity index (χ0n) is 23.2. The summed E-state index contributed by atoms with van der Waals surface area (Å²) in [4.78, 5) is 27.6. The van der Waals surface area contributed by atoms with E-state index < -0.39 is 5.92 Å². The summed E-state index contributed by atoms with van der Waals surface area (Å²) < 4.78 is 11.4. The maximum atomic E-state index is 13.9. The lowest BCUT2D eigenvalue weighted by atomic mass is 9.72. The molecule has 1 amide bonds. The molecule has 0 spiro atoms. The molecule has 4 rings (SSSR count). The first kappa shape index (κ1) is 28.7. The highest BCUT2D eigenvalue weighted by Gasteiger charge is 2.41. The highest BCUT2D eigenvalue weighted by atomic mass is 79.9. The van der Waals surface area contributed by atoms with Crippen molar-refractivity contribution in [1.82, 2.24) is 10.6 Å². The van der Waals surface area contributed by atoms with Gasteiger partial charge in [-0.2, -0.15) is 0 Å². The van der Waals surface area contributed by atoms with Gasteiger partial charge < -0.3 is 25.2 Å². The molecular formula is C31H37BrN2O5. The van der Waals surface area contributed by atoms with Crippen LogP contribution in [0.15, 0.2) is 63.4 Å². The van der Waals surface area contributed by atoms with Crippen molar-refractivity contribution in [3.63, 3.8) is 0 Å². The fourth-order valence-corrected chi connectivity index (χ4v) is 6.10. The van der Waals surface area contributed by atoms with E-state index in [1.807, 2.05) is 45.0 Å². The third kappa shape index (κ3) is 6.01. The molecule has 0 aromatic heterocycles. The second-order valence-corrected chi connectivity index (χ2v) is 11.1. The molecule has 2 unspecified atom stereocenters. The molecule has 2 aliphatic rings. The van der Waals surface area contributed by atoms with Gasteiger partial charge in [0.05, 0.1) is 24.2 Å². The minimum atomic E-state index is -0.601. The topological polar surface area (TPSA) is 96.9 Å². The van der Waals surface area contributed by atoms with Crippen LogP contribution in [0.25, 0.3) is 0 Å². The number of rotatable bonds is 9. The molecule has 7 nitrogen and oxygen atoms in total. The first-order valence-corrected chi connectivity index (χ1v) is 14.3. The molecule has 1 aliphatic heterocycles. The van der Waals surface area contributed by atoms with E-state index in [-0.39, 0.29) is 29.4 Å². The number of hydrogen-bond donors (Lipinski definition) is 3. The average molecular weight is 598 g/mol. The molecular weight excluding hydrogens is 560 g/mol. The van der Waals surface area contributed by atoms with E-state index in [1.165, 1.54) is 0 Å². The van der Waals surface area contributed by atoms with E-state index in [9.17, 15) is 14.7 Å². The van der Waals surface area contributed by atoms with E-state index in [1.54, 1.807) is 19.2 Å². The minimum Gasteiger partial charge on any atom is -0.503 e. The fourth-order valence-electron chi connectivity index (χ4n) is 5.64. The lowest BCUT2D eigenvalue weighted by molar-refractivity contribution is -0.118. The van der Waals surface area contributed by atoms with Gasteiger partial charge in [0.15, 0.2) is 17.3 Å². The van der Waals surface area contributed by atoms with Crippen LogP contribution in [0.1, 0.15) is 76.5 Å². The van der Waals surface area contributed by atoms with Crippen molar-refractivity contribution >= 4 is 27.6 Å². The lowest BCUT2D eigenvalue weighted by Crippen LogP contribution is -2.39. The van der Waals surface area contributed by atoms with E-state index in [2.05, 4.69) is 33.5 Å². The number of allylic oxidation sites excluding steroid dienone is 3. The van der Waals surface area contributed by atoms with Gasteiger partial charge in [-0.3, -0.25) is 9.59 Å². The number of benzene rings is 2. The van der Waals surface area contributed by atoms with Crippen molar-refractivity contribution in [2.45, 2.75) is 65.3 Å². The van der Waals surface area contributed by atoms with Crippen molar-refractivity contribution in [2.24, 2.45) is 5.92 Å².